The number of rotatable bonds is 4. The molecular weight excluding hydrogens is 236 g/mol. The first-order valence-corrected chi connectivity index (χ1v) is 6.62. The van der Waals surface area contributed by atoms with Gasteiger partial charge in [0.1, 0.15) is 11.5 Å². The Morgan fingerprint density at radius 2 is 1.53 bits per heavy atom. The Balaban J connectivity index is 2.21. The van der Waals surface area contributed by atoms with Crippen LogP contribution in [0.25, 0.3) is 0 Å². The molecule has 2 rings (SSSR count). The van der Waals surface area contributed by atoms with E-state index in [1.165, 1.54) is 5.56 Å². The predicted molar refractivity (Wildman–Crippen MR) is 77.7 cm³/mol. The SMILES string of the molecule is CC(C)c1ccccc1Oc1ccc([C@@H](C)O)cc1. The predicted octanol–water partition coefficient (Wildman–Crippen LogP) is 4.66. The maximum Gasteiger partial charge on any atom is 0.130 e. The Labute approximate surface area is 114 Å². The summed E-state index contributed by atoms with van der Waals surface area (Å²) < 4.78 is 5.92. The fourth-order valence-electron chi connectivity index (χ4n) is 1.99. The van der Waals surface area contributed by atoms with Gasteiger partial charge >= 0.3 is 0 Å². The number of ether oxygens (including phenoxy) is 1. The zero-order valence-electron chi connectivity index (χ0n) is 11.6. The van der Waals surface area contributed by atoms with Crippen molar-refractivity contribution in [2.45, 2.75) is 32.8 Å². The Bertz CT molecular complexity index is 527. The third kappa shape index (κ3) is 3.36. The van der Waals surface area contributed by atoms with Crippen molar-refractivity contribution in [1.82, 2.24) is 0 Å². The zero-order chi connectivity index (χ0) is 13.8. The molecule has 0 aromatic heterocycles. The average molecular weight is 256 g/mol. The van der Waals surface area contributed by atoms with Gasteiger partial charge in [-0.05, 0) is 42.2 Å². The molecule has 1 N–H and O–H groups in total. The number of hydrogen-bond donors (Lipinski definition) is 1. The second-order valence-electron chi connectivity index (χ2n) is 5.04. The number of benzene rings is 2. The summed E-state index contributed by atoms with van der Waals surface area (Å²) in [5.41, 5.74) is 2.09. The highest BCUT2D eigenvalue weighted by atomic mass is 16.5. The molecule has 0 aliphatic heterocycles. The van der Waals surface area contributed by atoms with Crippen LogP contribution >= 0.6 is 0 Å². The third-order valence-electron chi connectivity index (χ3n) is 3.13. The van der Waals surface area contributed by atoms with Crippen molar-refractivity contribution < 1.29 is 9.84 Å². The number of hydrogen-bond acceptors (Lipinski definition) is 2. The molecule has 100 valence electrons. The van der Waals surface area contributed by atoms with Crippen LogP contribution < -0.4 is 4.74 Å². The van der Waals surface area contributed by atoms with Gasteiger partial charge in [-0.1, -0.05) is 44.2 Å². The molecular formula is C17H20O2. The molecule has 0 unspecified atom stereocenters. The minimum absolute atomic E-state index is 0.424. The Morgan fingerprint density at radius 3 is 2.11 bits per heavy atom. The van der Waals surface area contributed by atoms with E-state index in [1.54, 1.807) is 6.92 Å². The summed E-state index contributed by atoms with van der Waals surface area (Å²) >= 11 is 0. The first-order chi connectivity index (χ1) is 9.08. The van der Waals surface area contributed by atoms with E-state index in [2.05, 4.69) is 19.9 Å². The van der Waals surface area contributed by atoms with Gasteiger partial charge in [-0.25, -0.2) is 0 Å². The van der Waals surface area contributed by atoms with Gasteiger partial charge in [0.2, 0.25) is 0 Å². The van der Waals surface area contributed by atoms with Crippen molar-refractivity contribution in [3.8, 4) is 11.5 Å². The summed E-state index contributed by atoms with van der Waals surface area (Å²) in [5.74, 6) is 2.10. The first-order valence-electron chi connectivity index (χ1n) is 6.62. The topological polar surface area (TPSA) is 29.5 Å². The Kier molecular flexibility index (Phi) is 4.23. The number of aliphatic hydroxyl groups excluding tert-OH is 1. The Hall–Kier alpha value is -1.80. The molecule has 0 amide bonds. The molecule has 19 heavy (non-hydrogen) atoms. The molecule has 2 nitrogen and oxygen atoms in total. The fourth-order valence-corrected chi connectivity index (χ4v) is 1.99. The molecule has 0 aliphatic rings. The van der Waals surface area contributed by atoms with Crippen molar-refractivity contribution in [2.75, 3.05) is 0 Å². The highest BCUT2D eigenvalue weighted by Gasteiger charge is 2.08. The molecule has 2 aromatic carbocycles. The van der Waals surface area contributed by atoms with Crippen LogP contribution in [0.5, 0.6) is 11.5 Å². The molecule has 0 radical (unpaired) electrons. The molecule has 0 spiro atoms. The van der Waals surface area contributed by atoms with E-state index in [0.717, 1.165) is 17.1 Å². The summed E-state index contributed by atoms with van der Waals surface area (Å²) in [6.07, 6.45) is -0.447. The maximum absolute atomic E-state index is 9.48. The number of aliphatic hydroxyl groups is 1. The van der Waals surface area contributed by atoms with E-state index in [4.69, 9.17) is 4.74 Å². The fraction of sp³-hybridized carbons (Fsp3) is 0.294. The molecule has 0 saturated heterocycles. The van der Waals surface area contributed by atoms with Crippen LogP contribution in [-0.2, 0) is 0 Å². The smallest absolute Gasteiger partial charge is 0.130 e. The quantitative estimate of drug-likeness (QED) is 0.862. The van der Waals surface area contributed by atoms with Crippen molar-refractivity contribution in [3.63, 3.8) is 0 Å². The normalized spacial score (nSPS) is 12.5. The first kappa shape index (κ1) is 13.6. The van der Waals surface area contributed by atoms with E-state index in [1.807, 2.05) is 42.5 Å². The average Bonchev–Trinajstić information content (AvgIpc) is 2.39. The second-order valence-corrected chi connectivity index (χ2v) is 5.04. The van der Waals surface area contributed by atoms with Crippen molar-refractivity contribution in [2.24, 2.45) is 0 Å². The second kappa shape index (κ2) is 5.89. The van der Waals surface area contributed by atoms with Gasteiger partial charge < -0.3 is 9.84 Å². The van der Waals surface area contributed by atoms with Crippen LogP contribution in [0.2, 0.25) is 0 Å². The van der Waals surface area contributed by atoms with E-state index < -0.39 is 6.10 Å². The van der Waals surface area contributed by atoms with Gasteiger partial charge in [-0.15, -0.1) is 0 Å². The summed E-state index contributed by atoms with van der Waals surface area (Å²) in [6, 6.07) is 15.6. The zero-order valence-corrected chi connectivity index (χ0v) is 11.6. The van der Waals surface area contributed by atoms with E-state index in [0.29, 0.717) is 5.92 Å². The lowest BCUT2D eigenvalue weighted by molar-refractivity contribution is 0.199. The van der Waals surface area contributed by atoms with Crippen molar-refractivity contribution >= 4 is 0 Å². The molecule has 0 aliphatic carbocycles. The van der Waals surface area contributed by atoms with Crippen molar-refractivity contribution in [3.05, 3.63) is 59.7 Å². The van der Waals surface area contributed by atoms with Crippen LogP contribution in [0.3, 0.4) is 0 Å². The standard InChI is InChI=1S/C17H20O2/c1-12(2)16-6-4-5-7-17(16)19-15-10-8-14(9-11-15)13(3)18/h4-13,18H,1-3H3/t13-/m1/s1. The van der Waals surface area contributed by atoms with Crippen molar-refractivity contribution in [1.29, 1.82) is 0 Å². The molecule has 0 fully saturated rings. The highest BCUT2D eigenvalue weighted by Crippen LogP contribution is 2.30. The monoisotopic (exact) mass is 256 g/mol. The summed E-state index contributed by atoms with van der Waals surface area (Å²) in [4.78, 5) is 0. The number of para-hydroxylation sites is 1. The van der Waals surface area contributed by atoms with Gasteiger partial charge in [-0.3, -0.25) is 0 Å². The third-order valence-corrected chi connectivity index (χ3v) is 3.13. The lowest BCUT2D eigenvalue weighted by atomic mass is 10.0. The van der Waals surface area contributed by atoms with E-state index in [-0.39, 0.29) is 0 Å². The molecule has 0 bridgehead atoms. The lowest BCUT2D eigenvalue weighted by Gasteiger charge is -2.14. The summed E-state index contributed by atoms with van der Waals surface area (Å²) in [7, 11) is 0. The van der Waals surface area contributed by atoms with Gasteiger partial charge in [0.25, 0.3) is 0 Å². The van der Waals surface area contributed by atoms with Crippen LogP contribution in [0.15, 0.2) is 48.5 Å². The van der Waals surface area contributed by atoms with Crippen LogP contribution in [0.1, 0.15) is 43.9 Å². The summed E-state index contributed by atoms with van der Waals surface area (Å²) in [6.45, 7) is 6.06. The van der Waals surface area contributed by atoms with Crippen LogP contribution in [0, 0.1) is 0 Å². The minimum atomic E-state index is -0.447. The van der Waals surface area contributed by atoms with Crippen LogP contribution in [0.4, 0.5) is 0 Å². The molecule has 0 heterocycles. The molecule has 1 atom stereocenters. The molecule has 2 aromatic rings. The maximum atomic E-state index is 9.48. The van der Waals surface area contributed by atoms with Gasteiger partial charge in [0.15, 0.2) is 0 Å². The minimum Gasteiger partial charge on any atom is -0.457 e. The summed E-state index contributed by atoms with van der Waals surface area (Å²) in [5, 5.41) is 9.48. The molecule has 2 heteroatoms. The van der Waals surface area contributed by atoms with Crippen LogP contribution in [-0.4, -0.2) is 5.11 Å². The largest absolute Gasteiger partial charge is 0.457 e. The van der Waals surface area contributed by atoms with E-state index in [9.17, 15) is 5.11 Å². The van der Waals surface area contributed by atoms with Gasteiger partial charge in [0.05, 0.1) is 6.10 Å². The van der Waals surface area contributed by atoms with Gasteiger partial charge in [0, 0.05) is 0 Å². The van der Waals surface area contributed by atoms with E-state index >= 15 is 0 Å². The van der Waals surface area contributed by atoms with Gasteiger partial charge in [-0.2, -0.15) is 0 Å². The molecule has 0 saturated carbocycles. The highest BCUT2D eigenvalue weighted by molar-refractivity contribution is 5.40. The lowest BCUT2D eigenvalue weighted by Crippen LogP contribution is -1.94. The Morgan fingerprint density at radius 1 is 0.895 bits per heavy atom.